The molecule has 0 bridgehead atoms. The van der Waals surface area contributed by atoms with E-state index in [9.17, 15) is 9.59 Å². The number of nitrogens with one attached hydrogen (secondary N) is 1. The number of nitrogens with zero attached hydrogens (tertiary/aromatic N) is 2. The number of thiophene rings is 1. The third-order valence-electron chi connectivity index (χ3n) is 4.98. The molecule has 3 rings (SSSR count). The van der Waals surface area contributed by atoms with Gasteiger partial charge in [-0.1, -0.05) is 39.0 Å². The lowest BCUT2D eigenvalue weighted by Crippen LogP contribution is -2.33. The predicted molar refractivity (Wildman–Crippen MR) is 112 cm³/mol. The Kier molecular flexibility index (Phi) is 5.46. The lowest BCUT2D eigenvalue weighted by atomic mass is 10.0. The van der Waals surface area contributed by atoms with Crippen LogP contribution in [0.3, 0.4) is 0 Å². The van der Waals surface area contributed by atoms with Crippen LogP contribution in [0.4, 0.5) is 5.69 Å². The largest absolute Gasteiger partial charge is 0.324 e. The lowest BCUT2D eigenvalue weighted by molar-refractivity contribution is -0.119. The van der Waals surface area contributed by atoms with Gasteiger partial charge in [0, 0.05) is 10.6 Å². The Morgan fingerprint density at radius 1 is 1.26 bits per heavy atom. The minimum atomic E-state index is -0.603. The number of hydrogen-bond donors (Lipinski definition) is 1. The van der Waals surface area contributed by atoms with Gasteiger partial charge in [-0.15, -0.1) is 11.3 Å². The lowest BCUT2D eigenvalue weighted by Gasteiger charge is -2.20. The Labute approximate surface area is 163 Å². The molecule has 1 aromatic carbocycles. The van der Waals surface area contributed by atoms with Crippen molar-refractivity contribution in [1.29, 1.82) is 0 Å². The van der Waals surface area contributed by atoms with Gasteiger partial charge in [0.25, 0.3) is 5.56 Å². The first kappa shape index (κ1) is 19.3. The Balaban J connectivity index is 1.99. The average molecular weight is 384 g/mol. The molecular formula is C21H25N3O2S. The third-order valence-corrected chi connectivity index (χ3v) is 6.10. The van der Waals surface area contributed by atoms with Gasteiger partial charge in [0.15, 0.2) is 0 Å². The van der Waals surface area contributed by atoms with Crippen molar-refractivity contribution in [3.05, 3.63) is 57.0 Å². The summed E-state index contributed by atoms with van der Waals surface area (Å²) in [5, 5.41) is 3.63. The molecular weight excluding hydrogens is 358 g/mol. The summed E-state index contributed by atoms with van der Waals surface area (Å²) in [6.45, 7) is 10.00. The molecule has 5 nitrogen and oxygen atoms in total. The number of para-hydroxylation sites is 1. The maximum Gasteiger partial charge on any atom is 0.263 e. The molecule has 0 spiro atoms. The van der Waals surface area contributed by atoms with Crippen LogP contribution >= 0.6 is 11.3 Å². The summed E-state index contributed by atoms with van der Waals surface area (Å²) < 4.78 is 1.47. The minimum absolute atomic E-state index is 0.152. The van der Waals surface area contributed by atoms with E-state index < -0.39 is 6.04 Å². The van der Waals surface area contributed by atoms with Crippen molar-refractivity contribution in [3.8, 4) is 0 Å². The van der Waals surface area contributed by atoms with Crippen molar-refractivity contribution in [2.24, 2.45) is 0 Å². The number of rotatable bonds is 5. The highest BCUT2D eigenvalue weighted by molar-refractivity contribution is 7.18. The zero-order valence-electron chi connectivity index (χ0n) is 16.4. The van der Waals surface area contributed by atoms with E-state index >= 15 is 0 Å². The molecule has 1 atom stereocenters. The van der Waals surface area contributed by atoms with Crippen molar-refractivity contribution in [3.63, 3.8) is 0 Å². The number of aryl methyl sites for hydroxylation is 2. The molecule has 0 aliphatic rings. The molecule has 2 heterocycles. The van der Waals surface area contributed by atoms with Crippen LogP contribution in [0.25, 0.3) is 10.2 Å². The highest BCUT2D eigenvalue weighted by Crippen LogP contribution is 2.27. The summed E-state index contributed by atoms with van der Waals surface area (Å²) in [7, 11) is 0. The Bertz CT molecular complexity index is 1050. The monoisotopic (exact) mass is 383 g/mol. The highest BCUT2D eigenvalue weighted by atomic mass is 32.1. The fourth-order valence-corrected chi connectivity index (χ4v) is 4.30. The summed E-state index contributed by atoms with van der Waals surface area (Å²) in [4.78, 5) is 32.3. The van der Waals surface area contributed by atoms with E-state index in [2.05, 4.69) is 24.1 Å². The first-order valence-corrected chi connectivity index (χ1v) is 10.0. The minimum Gasteiger partial charge on any atom is -0.324 e. The highest BCUT2D eigenvalue weighted by Gasteiger charge is 2.23. The maximum atomic E-state index is 13.0. The van der Waals surface area contributed by atoms with E-state index in [1.807, 2.05) is 45.0 Å². The molecule has 27 heavy (non-hydrogen) atoms. The normalized spacial score (nSPS) is 12.5. The van der Waals surface area contributed by atoms with Crippen molar-refractivity contribution in [2.45, 2.75) is 53.0 Å². The predicted octanol–water partition coefficient (Wildman–Crippen LogP) is 4.79. The van der Waals surface area contributed by atoms with Crippen LogP contribution in [-0.2, 0) is 4.79 Å². The van der Waals surface area contributed by atoms with E-state index in [4.69, 9.17) is 0 Å². The summed E-state index contributed by atoms with van der Waals surface area (Å²) in [5.74, 6) is 0.0946. The Morgan fingerprint density at radius 2 is 1.96 bits per heavy atom. The standard InChI is InChI=1S/C21H25N3O2S/c1-6-17(19(25)23-16-10-8-7-9-15(16)12(2)3)24-11-22-20-18(21(24)26)13(4)14(5)27-20/h7-12,17H,6H2,1-5H3,(H,23,25). The van der Waals surface area contributed by atoms with Gasteiger partial charge >= 0.3 is 0 Å². The third kappa shape index (κ3) is 3.54. The topological polar surface area (TPSA) is 64.0 Å². The van der Waals surface area contributed by atoms with Crippen LogP contribution in [0.1, 0.15) is 55.2 Å². The summed E-state index contributed by atoms with van der Waals surface area (Å²) >= 11 is 1.51. The molecule has 2 aromatic heterocycles. The van der Waals surface area contributed by atoms with E-state index in [1.54, 1.807) is 0 Å². The van der Waals surface area contributed by atoms with Gasteiger partial charge < -0.3 is 5.32 Å². The van der Waals surface area contributed by atoms with Gasteiger partial charge in [-0.2, -0.15) is 0 Å². The van der Waals surface area contributed by atoms with Crippen molar-refractivity contribution in [2.75, 3.05) is 5.32 Å². The number of fused-ring (bicyclic) bond motifs is 1. The van der Waals surface area contributed by atoms with E-state index in [-0.39, 0.29) is 11.5 Å². The second-order valence-corrected chi connectivity index (χ2v) is 8.28. The maximum absolute atomic E-state index is 13.0. The number of carbonyl (C=O) groups excluding carboxylic acids is 1. The number of carbonyl (C=O) groups is 1. The second-order valence-electron chi connectivity index (χ2n) is 7.08. The van der Waals surface area contributed by atoms with Crippen LogP contribution in [0.5, 0.6) is 0 Å². The Morgan fingerprint density at radius 3 is 2.63 bits per heavy atom. The van der Waals surface area contributed by atoms with Gasteiger partial charge in [-0.3, -0.25) is 14.2 Å². The van der Waals surface area contributed by atoms with E-state index in [1.165, 1.54) is 22.2 Å². The van der Waals surface area contributed by atoms with E-state index in [0.717, 1.165) is 26.5 Å². The SMILES string of the molecule is CCC(C(=O)Nc1ccccc1C(C)C)n1cnc2sc(C)c(C)c2c1=O. The molecule has 142 valence electrons. The molecule has 0 saturated heterocycles. The molecule has 0 saturated carbocycles. The van der Waals surface area contributed by atoms with Crippen molar-refractivity contribution < 1.29 is 4.79 Å². The van der Waals surface area contributed by atoms with Crippen LogP contribution in [-0.4, -0.2) is 15.5 Å². The molecule has 0 radical (unpaired) electrons. The quantitative estimate of drug-likeness (QED) is 0.689. The fourth-order valence-electron chi connectivity index (χ4n) is 3.31. The van der Waals surface area contributed by atoms with Gasteiger partial charge in [0.05, 0.1) is 11.7 Å². The fraction of sp³-hybridized carbons (Fsp3) is 0.381. The first-order chi connectivity index (χ1) is 12.8. The van der Waals surface area contributed by atoms with Crippen LogP contribution in [0.15, 0.2) is 35.4 Å². The molecule has 3 aromatic rings. The number of amides is 1. The number of aromatic nitrogens is 2. The van der Waals surface area contributed by atoms with Crippen molar-refractivity contribution >= 4 is 33.1 Å². The number of hydrogen-bond acceptors (Lipinski definition) is 4. The smallest absolute Gasteiger partial charge is 0.263 e. The molecule has 1 unspecified atom stereocenters. The van der Waals surface area contributed by atoms with Crippen LogP contribution < -0.4 is 10.9 Å². The molecule has 1 N–H and O–H groups in total. The molecule has 1 amide bonds. The van der Waals surface area contributed by atoms with Crippen LogP contribution in [0, 0.1) is 13.8 Å². The number of benzene rings is 1. The summed E-state index contributed by atoms with van der Waals surface area (Å²) in [6, 6.07) is 7.18. The second kappa shape index (κ2) is 7.64. The summed E-state index contributed by atoms with van der Waals surface area (Å²) in [5.41, 5.74) is 2.66. The average Bonchev–Trinajstić information content (AvgIpc) is 2.92. The zero-order valence-corrected chi connectivity index (χ0v) is 17.2. The first-order valence-electron chi connectivity index (χ1n) is 9.21. The molecule has 0 fully saturated rings. The molecule has 0 aliphatic heterocycles. The van der Waals surface area contributed by atoms with Gasteiger partial charge in [0.1, 0.15) is 10.9 Å². The zero-order chi connectivity index (χ0) is 19.7. The van der Waals surface area contributed by atoms with Gasteiger partial charge in [-0.25, -0.2) is 4.98 Å². The van der Waals surface area contributed by atoms with E-state index in [0.29, 0.717) is 17.7 Å². The molecule has 0 aliphatic carbocycles. The van der Waals surface area contributed by atoms with Gasteiger partial charge in [-0.05, 0) is 43.4 Å². The van der Waals surface area contributed by atoms with Crippen molar-refractivity contribution in [1.82, 2.24) is 9.55 Å². The number of anilines is 1. The van der Waals surface area contributed by atoms with Gasteiger partial charge in [0.2, 0.25) is 5.91 Å². The summed E-state index contributed by atoms with van der Waals surface area (Å²) in [6.07, 6.45) is 2.01. The molecule has 6 heteroatoms. The Hall–Kier alpha value is -2.47. The van der Waals surface area contributed by atoms with Crippen LogP contribution in [0.2, 0.25) is 0 Å².